The molecule has 4 aliphatic carbocycles. The average Bonchev–Trinajstić information content (AvgIpc) is 2.95. The second-order valence-electron chi connectivity index (χ2n) is 12.0. The standard InChI is InChI=1S/C25H40O3Si/c1-23(2,3)29(5,6)28-16-25-14-11-18(26)15-17(25)7-8-19-20-9-10-22(27)24(20,4)13-12-21(19)25/h15,19-21H,7-14,16H2,1-6H3/t19-,20-,21-,24-,25+/m0/s1/i16D/t16-,19+,20+,21+,24+,25-/m1. The van der Waals surface area contributed by atoms with E-state index in [0.717, 1.165) is 44.9 Å². The Morgan fingerprint density at radius 2 is 1.83 bits per heavy atom. The van der Waals surface area contributed by atoms with Crippen molar-refractivity contribution >= 4 is 19.9 Å². The minimum absolute atomic E-state index is 0.0500. The van der Waals surface area contributed by atoms with Crippen LogP contribution in [0.2, 0.25) is 18.1 Å². The van der Waals surface area contributed by atoms with Gasteiger partial charge in [-0.15, -0.1) is 0 Å². The van der Waals surface area contributed by atoms with Gasteiger partial charge in [-0.25, -0.2) is 0 Å². The van der Waals surface area contributed by atoms with Crippen LogP contribution in [0, 0.1) is 28.6 Å². The lowest BCUT2D eigenvalue weighted by Crippen LogP contribution is -2.55. The fourth-order valence-corrected chi connectivity index (χ4v) is 7.55. The molecule has 0 heterocycles. The number of hydrogen-bond donors (Lipinski definition) is 0. The van der Waals surface area contributed by atoms with Crippen molar-refractivity contribution in [3.63, 3.8) is 0 Å². The van der Waals surface area contributed by atoms with Crippen molar-refractivity contribution in [2.75, 3.05) is 6.58 Å². The fraction of sp³-hybridized carbons (Fsp3) is 0.840. The molecule has 4 rings (SSSR count). The highest BCUT2D eigenvalue weighted by molar-refractivity contribution is 6.74. The molecule has 0 aliphatic heterocycles. The lowest BCUT2D eigenvalue weighted by Gasteiger charge is -2.58. The average molecular weight is 418 g/mol. The quantitative estimate of drug-likeness (QED) is 0.522. The maximum atomic E-state index is 12.7. The van der Waals surface area contributed by atoms with Crippen molar-refractivity contribution in [3.05, 3.63) is 11.6 Å². The highest BCUT2D eigenvalue weighted by Gasteiger charge is 2.60. The van der Waals surface area contributed by atoms with E-state index in [1.165, 1.54) is 5.57 Å². The minimum atomic E-state index is -2.11. The van der Waals surface area contributed by atoms with Gasteiger partial charge in [0.1, 0.15) is 5.78 Å². The van der Waals surface area contributed by atoms with E-state index in [1.54, 1.807) is 0 Å². The van der Waals surface area contributed by atoms with Crippen molar-refractivity contribution in [3.8, 4) is 0 Å². The summed E-state index contributed by atoms with van der Waals surface area (Å²) in [4.78, 5) is 25.1. The number of ketones is 2. The van der Waals surface area contributed by atoms with Crippen molar-refractivity contribution in [2.24, 2.45) is 28.6 Å². The topological polar surface area (TPSA) is 43.4 Å². The lowest BCUT2D eigenvalue weighted by molar-refractivity contribution is -0.133. The van der Waals surface area contributed by atoms with E-state index in [-0.39, 0.29) is 21.7 Å². The van der Waals surface area contributed by atoms with E-state index < -0.39 is 14.9 Å². The molecule has 0 bridgehead atoms. The maximum Gasteiger partial charge on any atom is 0.192 e. The van der Waals surface area contributed by atoms with Crippen LogP contribution in [0.5, 0.6) is 0 Å². The molecule has 162 valence electrons. The Balaban J connectivity index is 1.73. The second kappa shape index (κ2) is 6.88. The first-order valence-electron chi connectivity index (χ1n) is 12.3. The number of rotatable bonds is 3. The van der Waals surface area contributed by atoms with E-state index >= 15 is 0 Å². The molecule has 0 aromatic carbocycles. The Labute approximate surface area is 179 Å². The summed E-state index contributed by atoms with van der Waals surface area (Å²) in [6.07, 6.45) is 8.78. The molecule has 3 saturated carbocycles. The Hall–Kier alpha value is -0.743. The zero-order valence-electron chi connectivity index (χ0n) is 20.3. The summed E-state index contributed by atoms with van der Waals surface area (Å²) in [5.41, 5.74) is 0.678. The molecular formula is C25H40O3Si. The summed E-state index contributed by atoms with van der Waals surface area (Å²) < 4.78 is 16.1. The number of fused-ring (bicyclic) bond motifs is 5. The van der Waals surface area contributed by atoms with Crippen molar-refractivity contribution in [1.82, 2.24) is 0 Å². The molecule has 0 radical (unpaired) electrons. The van der Waals surface area contributed by atoms with Crippen LogP contribution in [-0.4, -0.2) is 26.5 Å². The van der Waals surface area contributed by atoms with Gasteiger partial charge in [0, 0.05) is 30.3 Å². The summed E-state index contributed by atoms with van der Waals surface area (Å²) in [5.74, 6) is 1.97. The van der Waals surface area contributed by atoms with Gasteiger partial charge >= 0.3 is 0 Å². The molecule has 0 unspecified atom stereocenters. The zero-order chi connectivity index (χ0) is 22.1. The van der Waals surface area contributed by atoms with Crippen LogP contribution in [-0.2, 0) is 14.0 Å². The van der Waals surface area contributed by atoms with Gasteiger partial charge < -0.3 is 4.43 Å². The van der Waals surface area contributed by atoms with Gasteiger partial charge in [-0.05, 0) is 80.5 Å². The lowest BCUT2D eigenvalue weighted by atomic mass is 9.47. The van der Waals surface area contributed by atoms with E-state index in [4.69, 9.17) is 4.43 Å². The van der Waals surface area contributed by atoms with Crippen LogP contribution in [0.25, 0.3) is 0 Å². The normalized spacial score (nSPS) is 41.8. The molecule has 0 aromatic rings. The Morgan fingerprint density at radius 3 is 2.52 bits per heavy atom. The van der Waals surface area contributed by atoms with Gasteiger partial charge in [-0.3, -0.25) is 9.59 Å². The molecule has 6 atom stereocenters. The highest BCUT2D eigenvalue weighted by atomic mass is 28.4. The summed E-state index contributed by atoms with van der Waals surface area (Å²) in [5, 5.41) is 0.0500. The van der Waals surface area contributed by atoms with E-state index in [2.05, 4.69) is 40.8 Å². The SMILES string of the molecule is [2H][C@@H](O[Si](C)(C)C(C)(C)C)[C@]12CCC(=O)C=C1CC[C@@H]1[C@@H]2CC[C@]2(C)C(=O)CC[C@@H]12. The molecule has 0 aromatic heterocycles. The van der Waals surface area contributed by atoms with Crippen LogP contribution in [0.1, 0.15) is 80.4 Å². The summed E-state index contributed by atoms with van der Waals surface area (Å²) in [6, 6.07) is 0. The number of carbonyl (C=O) groups is 2. The van der Waals surface area contributed by atoms with Crippen LogP contribution >= 0.6 is 0 Å². The molecule has 0 N–H and O–H groups in total. The number of carbonyl (C=O) groups excluding carboxylic acids is 2. The predicted molar refractivity (Wildman–Crippen MR) is 119 cm³/mol. The molecule has 3 nitrogen and oxygen atoms in total. The first-order valence-corrected chi connectivity index (χ1v) is 14.6. The molecule has 0 saturated heterocycles. The Morgan fingerprint density at radius 1 is 1.10 bits per heavy atom. The number of hydrogen-bond acceptors (Lipinski definition) is 3. The first kappa shape index (κ1) is 20.2. The number of Topliss-reactive ketones (excluding diaryl/α,β-unsaturated/α-hetero) is 1. The molecule has 4 heteroatoms. The molecule has 0 spiro atoms. The Bertz CT molecular complexity index is 782. The van der Waals surface area contributed by atoms with Gasteiger partial charge in [-0.2, -0.15) is 0 Å². The van der Waals surface area contributed by atoms with Crippen LogP contribution in [0.4, 0.5) is 0 Å². The van der Waals surface area contributed by atoms with Crippen LogP contribution in [0.15, 0.2) is 11.6 Å². The minimum Gasteiger partial charge on any atom is -0.416 e. The second-order valence-corrected chi connectivity index (χ2v) is 16.8. The predicted octanol–water partition coefficient (Wildman–Crippen LogP) is 6.09. The monoisotopic (exact) mass is 417 g/mol. The van der Waals surface area contributed by atoms with Gasteiger partial charge in [0.15, 0.2) is 14.1 Å². The van der Waals surface area contributed by atoms with Gasteiger partial charge in [0.05, 0.1) is 1.37 Å². The molecular weight excluding hydrogens is 376 g/mol. The van der Waals surface area contributed by atoms with Gasteiger partial charge in [0.2, 0.25) is 0 Å². The van der Waals surface area contributed by atoms with Gasteiger partial charge in [0.25, 0.3) is 0 Å². The van der Waals surface area contributed by atoms with Crippen molar-refractivity contribution < 1.29 is 15.4 Å². The van der Waals surface area contributed by atoms with Crippen LogP contribution < -0.4 is 0 Å². The first-order chi connectivity index (χ1) is 13.8. The summed E-state index contributed by atoms with van der Waals surface area (Å²) in [7, 11) is -2.11. The fourth-order valence-electron chi connectivity index (χ4n) is 6.69. The van der Waals surface area contributed by atoms with E-state index in [9.17, 15) is 11.0 Å². The van der Waals surface area contributed by atoms with Gasteiger partial charge in [-0.1, -0.05) is 33.3 Å². The summed E-state index contributed by atoms with van der Waals surface area (Å²) in [6.45, 7) is 12.7. The Kier molecular flexibility index (Phi) is 4.79. The highest BCUT2D eigenvalue weighted by Crippen LogP contribution is 2.64. The van der Waals surface area contributed by atoms with Crippen molar-refractivity contribution in [2.45, 2.75) is 97.2 Å². The molecule has 4 aliphatic rings. The summed E-state index contributed by atoms with van der Waals surface area (Å²) >= 11 is 0. The largest absolute Gasteiger partial charge is 0.416 e. The molecule has 3 fully saturated rings. The third-order valence-corrected chi connectivity index (χ3v) is 14.0. The third-order valence-electron chi connectivity index (χ3n) is 9.64. The van der Waals surface area contributed by atoms with E-state index in [1.807, 2.05) is 6.08 Å². The van der Waals surface area contributed by atoms with Crippen molar-refractivity contribution in [1.29, 1.82) is 0 Å². The molecule has 29 heavy (non-hydrogen) atoms. The third kappa shape index (κ3) is 3.24. The van der Waals surface area contributed by atoms with E-state index in [0.29, 0.717) is 30.0 Å². The maximum absolute atomic E-state index is 12.7. The zero-order valence-corrected chi connectivity index (χ0v) is 20.3. The van der Waals surface area contributed by atoms with Crippen LogP contribution in [0.3, 0.4) is 0 Å². The molecule has 0 amide bonds. The smallest absolute Gasteiger partial charge is 0.192 e.